The van der Waals surface area contributed by atoms with Crippen LogP contribution in [0.4, 0.5) is 4.39 Å². The predicted molar refractivity (Wildman–Crippen MR) is 127 cm³/mol. The van der Waals surface area contributed by atoms with Crippen LogP contribution in [0.5, 0.6) is 0 Å². The summed E-state index contributed by atoms with van der Waals surface area (Å²) in [5, 5.41) is 4.80. The van der Waals surface area contributed by atoms with Crippen LogP contribution in [0.15, 0.2) is 70.7 Å². The average Bonchev–Trinajstić information content (AvgIpc) is 3.49. The molecule has 2 heterocycles. The number of amides is 1. The maximum absolute atomic E-state index is 13.2. The standard InChI is InChI=1S/C26H23FN2O3S/c1-16(30)20-12-22(33-14-20)18-5-4-6-19(11-18)24(31)28-15-26(2,3)23-13-32-25(29-23)17-7-9-21(27)10-8-17/h4-14H,15H2,1-3H3,(H,28,31). The molecule has 0 bridgehead atoms. The molecule has 2 aromatic heterocycles. The molecule has 1 N–H and O–H groups in total. The molecule has 0 unspecified atom stereocenters. The van der Waals surface area contributed by atoms with Crippen LogP contribution in [0.1, 0.15) is 47.2 Å². The summed E-state index contributed by atoms with van der Waals surface area (Å²) in [5.41, 5.74) is 2.97. The lowest BCUT2D eigenvalue weighted by Gasteiger charge is -2.22. The monoisotopic (exact) mass is 462 g/mol. The zero-order valence-corrected chi connectivity index (χ0v) is 19.3. The number of ketones is 1. The first-order valence-electron chi connectivity index (χ1n) is 10.4. The summed E-state index contributed by atoms with van der Waals surface area (Å²) in [7, 11) is 0. The number of rotatable bonds is 7. The number of nitrogens with one attached hydrogen (secondary N) is 1. The Morgan fingerprint density at radius 1 is 1.06 bits per heavy atom. The Balaban J connectivity index is 1.45. The smallest absolute Gasteiger partial charge is 0.251 e. The topological polar surface area (TPSA) is 72.2 Å². The number of hydrogen-bond donors (Lipinski definition) is 1. The van der Waals surface area contributed by atoms with E-state index in [2.05, 4.69) is 10.3 Å². The van der Waals surface area contributed by atoms with Crippen molar-refractivity contribution in [3.63, 3.8) is 0 Å². The quantitative estimate of drug-likeness (QED) is 0.336. The highest BCUT2D eigenvalue weighted by Gasteiger charge is 2.26. The van der Waals surface area contributed by atoms with Gasteiger partial charge in [-0.05, 0) is 55.0 Å². The number of halogens is 1. The van der Waals surface area contributed by atoms with Crippen LogP contribution in [0.25, 0.3) is 21.9 Å². The second kappa shape index (κ2) is 9.11. The van der Waals surface area contributed by atoms with Crippen LogP contribution in [0.2, 0.25) is 0 Å². The molecule has 0 aliphatic carbocycles. The van der Waals surface area contributed by atoms with E-state index in [0.29, 0.717) is 34.8 Å². The Hall–Kier alpha value is -3.58. The van der Waals surface area contributed by atoms with Gasteiger partial charge in [-0.3, -0.25) is 9.59 Å². The summed E-state index contributed by atoms with van der Waals surface area (Å²) >= 11 is 1.48. The molecular formula is C26H23FN2O3S. The van der Waals surface area contributed by atoms with Crippen molar-refractivity contribution in [1.82, 2.24) is 10.3 Å². The lowest BCUT2D eigenvalue weighted by atomic mass is 9.90. The molecule has 0 saturated carbocycles. The van der Waals surface area contributed by atoms with E-state index < -0.39 is 5.41 Å². The second-order valence-corrected chi connectivity index (χ2v) is 9.36. The number of oxazole rings is 1. The van der Waals surface area contributed by atoms with E-state index in [-0.39, 0.29) is 17.5 Å². The number of hydrogen-bond acceptors (Lipinski definition) is 5. The first kappa shape index (κ1) is 22.6. The van der Waals surface area contributed by atoms with Gasteiger partial charge in [0, 0.05) is 38.9 Å². The van der Waals surface area contributed by atoms with Gasteiger partial charge in [-0.15, -0.1) is 11.3 Å². The van der Waals surface area contributed by atoms with Crippen LogP contribution in [0.3, 0.4) is 0 Å². The van der Waals surface area contributed by atoms with Crippen molar-refractivity contribution < 1.29 is 18.4 Å². The third-order valence-corrected chi connectivity index (χ3v) is 6.37. The summed E-state index contributed by atoms with van der Waals surface area (Å²) in [6.07, 6.45) is 1.56. The highest BCUT2D eigenvalue weighted by atomic mass is 32.1. The number of thiophene rings is 1. The van der Waals surface area contributed by atoms with E-state index >= 15 is 0 Å². The Bertz CT molecular complexity index is 1310. The lowest BCUT2D eigenvalue weighted by Crippen LogP contribution is -2.36. The number of Topliss-reactive ketones (excluding diaryl/α,β-unsaturated/α-hetero) is 1. The summed E-state index contributed by atoms with van der Waals surface area (Å²) in [6.45, 7) is 5.81. The summed E-state index contributed by atoms with van der Waals surface area (Å²) < 4.78 is 18.7. The lowest BCUT2D eigenvalue weighted by molar-refractivity contribution is 0.0944. The van der Waals surface area contributed by atoms with Gasteiger partial charge in [-0.1, -0.05) is 26.0 Å². The summed E-state index contributed by atoms with van der Waals surface area (Å²) in [5.74, 6) is -0.103. The van der Waals surface area contributed by atoms with Crippen LogP contribution in [0, 0.1) is 5.82 Å². The number of benzene rings is 2. The third-order valence-electron chi connectivity index (χ3n) is 5.39. The maximum atomic E-state index is 13.2. The Morgan fingerprint density at radius 2 is 1.82 bits per heavy atom. The molecule has 168 valence electrons. The van der Waals surface area contributed by atoms with E-state index in [0.717, 1.165) is 10.4 Å². The van der Waals surface area contributed by atoms with E-state index in [9.17, 15) is 14.0 Å². The van der Waals surface area contributed by atoms with Crippen molar-refractivity contribution in [3.05, 3.63) is 88.9 Å². The van der Waals surface area contributed by atoms with E-state index in [1.54, 1.807) is 24.5 Å². The molecular weight excluding hydrogens is 439 g/mol. The molecule has 4 rings (SSSR count). The van der Waals surface area contributed by atoms with Gasteiger partial charge >= 0.3 is 0 Å². The van der Waals surface area contributed by atoms with Crippen molar-refractivity contribution in [2.45, 2.75) is 26.2 Å². The fraction of sp³-hybridized carbons (Fsp3) is 0.192. The number of aromatic nitrogens is 1. The van der Waals surface area contributed by atoms with E-state index in [4.69, 9.17) is 4.42 Å². The fourth-order valence-electron chi connectivity index (χ4n) is 3.29. The molecule has 1 amide bonds. The minimum Gasteiger partial charge on any atom is -0.444 e. The SMILES string of the molecule is CC(=O)c1csc(-c2cccc(C(=O)NCC(C)(C)c3coc(-c4ccc(F)cc4)n3)c2)c1. The zero-order valence-electron chi connectivity index (χ0n) is 18.5. The zero-order chi connectivity index (χ0) is 23.6. The molecule has 0 aliphatic rings. The van der Waals surface area contributed by atoms with Crippen molar-refractivity contribution in [1.29, 1.82) is 0 Å². The summed E-state index contributed by atoms with van der Waals surface area (Å²) in [6, 6.07) is 15.1. The molecule has 0 aliphatic heterocycles. The molecule has 0 spiro atoms. The maximum Gasteiger partial charge on any atom is 0.251 e. The molecule has 0 saturated heterocycles. The summed E-state index contributed by atoms with van der Waals surface area (Å²) in [4.78, 5) is 29.9. The number of carbonyl (C=O) groups excluding carboxylic acids is 2. The Morgan fingerprint density at radius 3 is 2.52 bits per heavy atom. The van der Waals surface area contributed by atoms with Gasteiger partial charge in [-0.25, -0.2) is 9.37 Å². The minimum atomic E-state index is -0.487. The first-order valence-corrected chi connectivity index (χ1v) is 11.3. The predicted octanol–water partition coefficient (Wildman–Crippen LogP) is 6.12. The molecule has 0 atom stereocenters. The van der Waals surface area contributed by atoms with Crippen molar-refractivity contribution in [2.24, 2.45) is 0 Å². The third kappa shape index (κ3) is 5.09. The number of carbonyl (C=O) groups is 2. The molecule has 4 aromatic rings. The van der Waals surface area contributed by atoms with E-state index in [1.165, 1.54) is 30.4 Å². The van der Waals surface area contributed by atoms with Gasteiger partial charge in [-0.2, -0.15) is 0 Å². The van der Waals surface area contributed by atoms with Crippen LogP contribution in [-0.2, 0) is 5.41 Å². The highest BCUT2D eigenvalue weighted by molar-refractivity contribution is 7.13. The van der Waals surface area contributed by atoms with Gasteiger partial charge in [0.05, 0.1) is 5.69 Å². The van der Waals surface area contributed by atoms with E-state index in [1.807, 2.05) is 43.5 Å². The van der Waals surface area contributed by atoms with Gasteiger partial charge in [0.2, 0.25) is 5.89 Å². The minimum absolute atomic E-state index is 0.0177. The van der Waals surface area contributed by atoms with Gasteiger partial charge in [0.15, 0.2) is 5.78 Å². The van der Waals surface area contributed by atoms with Crippen LogP contribution >= 0.6 is 11.3 Å². The van der Waals surface area contributed by atoms with Gasteiger partial charge < -0.3 is 9.73 Å². The fourth-order valence-corrected chi connectivity index (χ4v) is 4.24. The normalized spacial score (nSPS) is 11.4. The Kier molecular flexibility index (Phi) is 6.24. The molecule has 0 fully saturated rings. The number of nitrogens with zero attached hydrogens (tertiary/aromatic N) is 1. The molecule has 0 radical (unpaired) electrons. The van der Waals surface area contributed by atoms with Crippen LogP contribution in [-0.4, -0.2) is 23.2 Å². The first-order chi connectivity index (χ1) is 15.7. The molecule has 5 nitrogen and oxygen atoms in total. The molecule has 7 heteroatoms. The average molecular weight is 463 g/mol. The van der Waals surface area contributed by atoms with Gasteiger partial charge in [0.1, 0.15) is 12.1 Å². The van der Waals surface area contributed by atoms with Crippen LogP contribution < -0.4 is 5.32 Å². The largest absolute Gasteiger partial charge is 0.444 e. The molecule has 33 heavy (non-hydrogen) atoms. The van der Waals surface area contributed by atoms with Crippen molar-refractivity contribution in [2.75, 3.05) is 6.54 Å². The Labute approximate surface area is 195 Å². The van der Waals surface area contributed by atoms with Crippen molar-refractivity contribution in [3.8, 4) is 21.9 Å². The van der Waals surface area contributed by atoms with Crippen molar-refractivity contribution >= 4 is 23.0 Å². The molecule has 2 aromatic carbocycles. The second-order valence-electron chi connectivity index (χ2n) is 8.45. The van der Waals surface area contributed by atoms with Gasteiger partial charge in [0.25, 0.3) is 5.91 Å². The highest BCUT2D eigenvalue weighted by Crippen LogP contribution is 2.29.